The lowest BCUT2D eigenvalue weighted by atomic mass is 9.84. The summed E-state index contributed by atoms with van der Waals surface area (Å²) >= 11 is 4.87. The number of hydrogen-bond donors (Lipinski definition) is 1. The number of thiocarbonyl (C=S) groups is 1. The highest BCUT2D eigenvalue weighted by Gasteiger charge is 2.25. The second kappa shape index (κ2) is 5.80. The van der Waals surface area contributed by atoms with Crippen molar-refractivity contribution < 1.29 is 0 Å². The normalized spacial score (nSPS) is 21.5. The van der Waals surface area contributed by atoms with Gasteiger partial charge in [-0.2, -0.15) is 0 Å². The Hall–Kier alpha value is -0.150. The molecular formula is C12H24N2S. The van der Waals surface area contributed by atoms with Crippen molar-refractivity contribution in [1.82, 2.24) is 4.90 Å². The van der Waals surface area contributed by atoms with E-state index in [1.165, 1.54) is 38.9 Å². The van der Waals surface area contributed by atoms with Crippen LogP contribution >= 0.6 is 12.2 Å². The van der Waals surface area contributed by atoms with Crippen LogP contribution in [0.25, 0.3) is 0 Å². The van der Waals surface area contributed by atoms with Gasteiger partial charge >= 0.3 is 0 Å². The Morgan fingerprint density at radius 1 is 1.40 bits per heavy atom. The minimum atomic E-state index is 0.515. The molecule has 0 aromatic heterocycles. The van der Waals surface area contributed by atoms with Gasteiger partial charge in [-0.1, -0.05) is 26.1 Å². The molecule has 0 unspecified atom stereocenters. The number of nitrogens with zero attached hydrogens (tertiary/aromatic N) is 1. The van der Waals surface area contributed by atoms with E-state index in [2.05, 4.69) is 18.7 Å². The lowest BCUT2D eigenvalue weighted by molar-refractivity contribution is 0.116. The van der Waals surface area contributed by atoms with Crippen LogP contribution in [-0.2, 0) is 0 Å². The Labute approximate surface area is 99.2 Å². The predicted octanol–water partition coefficient (Wildman–Crippen LogP) is 2.56. The number of nitrogens with two attached hydrogens (primary N) is 1. The van der Waals surface area contributed by atoms with E-state index in [4.69, 9.17) is 18.0 Å². The molecule has 88 valence electrons. The smallest absolute Gasteiger partial charge is 0.0727 e. The minimum Gasteiger partial charge on any atom is -0.393 e. The molecule has 0 aromatic rings. The van der Waals surface area contributed by atoms with Gasteiger partial charge < -0.3 is 10.6 Å². The van der Waals surface area contributed by atoms with Crippen LogP contribution in [0.3, 0.4) is 0 Å². The maximum absolute atomic E-state index is 5.47. The third-order valence-electron chi connectivity index (χ3n) is 3.13. The highest BCUT2D eigenvalue weighted by atomic mass is 32.1. The Kier molecular flexibility index (Phi) is 5.00. The van der Waals surface area contributed by atoms with Gasteiger partial charge in [-0.05, 0) is 50.6 Å². The summed E-state index contributed by atoms with van der Waals surface area (Å²) in [4.78, 5) is 3.25. The number of hydrogen-bond acceptors (Lipinski definition) is 2. The highest BCUT2D eigenvalue weighted by Crippen LogP contribution is 2.28. The van der Waals surface area contributed by atoms with Crippen molar-refractivity contribution in [3.63, 3.8) is 0 Å². The number of piperidine rings is 1. The molecular weight excluding hydrogens is 204 g/mol. The van der Waals surface area contributed by atoms with Crippen molar-refractivity contribution in [1.29, 1.82) is 0 Å². The van der Waals surface area contributed by atoms with E-state index in [1.807, 2.05) is 0 Å². The van der Waals surface area contributed by atoms with Gasteiger partial charge in [0.15, 0.2) is 0 Å². The largest absolute Gasteiger partial charge is 0.393 e. The molecule has 0 radical (unpaired) electrons. The van der Waals surface area contributed by atoms with Gasteiger partial charge in [0.1, 0.15) is 0 Å². The summed E-state index contributed by atoms with van der Waals surface area (Å²) in [7, 11) is 0. The van der Waals surface area contributed by atoms with Gasteiger partial charge in [0, 0.05) is 6.54 Å². The first-order valence-electron chi connectivity index (χ1n) is 6.00. The zero-order valence-electron chi connectivity index (χ0n) is 10.1. The van der Waals surface area contributed by atoms with Crippen molar-refractivity contribution in [3.05, 3.63) is 0 Å². The molecule has 1 aliphatic heterocycles. The first-order valence-corrected chi connectivity index (χ1v) is 6.41. The van der Waals surface area contributed by atoms with Gasteiger partial charge in [0.05, 0.1) is 4.99 Å². The topological polar surface area (TPSA) is 29.3 Å². The summed E-state index contributed by atoms with van der Waals surface area (Å²) in [6.07, 6.45) is 6.00. The average molecular weight is 228 g/mol. The minimum absolute atomic E-state index is 0.515. The van der Waals surface area contributed by atoms with Crippen LogP contribution in [0, 0.1) is 5.41 Å². The molecule has 0 amide bonds. The molecule has 1 aliphatic rings. The second-order valence-corrected chi connectivity index (χ2v) is 5.99. The fourth-order valence-corrected chi connectivity index (χ4v) is 2.51. The van der Waals surface area contributed by atoms with E-state index in [0.717, 1.165) is 12.8 Å². The van der Waals surface area contributed by atoms with Gasteiger partial charge in [-0.25, -0.2) is 0 Å². The van der Waals surface area contributed by atoms with Crippen LogP contribution in [0.5, 0.6) is 0 Å². The zero-order chi connectivity index (χ0) is 11.3. The van der Waals surface area contributed by atoms with E-state index >= 15 is 0 Å². The van der Waals surface area contributed by atoms with Crippen LogP contribution in [0.15, 0.2) is 0 Å². The van der Waals surface area contributed by atoms with Crippen LogP contribution in [0.2, 0.25) is 0 Å². The Morgan fingerprint density at radius 2 is 2.13 bits per heavy atom. The third-order valence-corrected chi connectivity index (χ3v) is 3.33. The number of unbranched alkanes of at least 4 members (excludes halogenated alkanes) is 1. The van der Waals surface area contributed by atoms with Gasteiger partial charge in [-0.3, -0.25) is 0 Å². The Bertz CT molecular complexity index is 214. The Balaban J connectivity index is 2.13. The molecule has 1 saturated heterocycles. The molecule has 1 fully saturated rings. The summed E-state index contributed by atoms with van der Waals surface area (Å²) in [6, 6.07) is 0. The van der Waals surface area contributed by atoms with Crippen LogP contribution in [-0.4, -0.2) is 29.5 Å². The van der Waals surface area contributed by atoms with Crippen LogP contribution in [0.1, 0.15) is 46.0 Å². The maximum Gasteiger partial charge on any atom is 0.0727 e. The molecule has 2 nitrogen and oxygen atoms in total. The Morgan fingerprint density at radius 3 is 2.73 bits per heavy atom. The summed E-state index contributed by atoms with van der Waals surface area (Å²) in [5.41, 5.74) is 5.99. The average Bonchev–Trinajstić information content (AvgIpc) is 2.10. The molecule has 2 N–H and O–H groups in total. The SMILES string of the molecule is CC1(C)CCCN(CCCCC(N)=S)C1. The molecule has 15 heavy (non-hydrogen) atoms. The monoisotopic (exact) mass is 228 g/mol. The van der Waals surface area contributed by atoms with E-state index in [9.17, 15) is 0 Å². The van der Waals surface area contributed by atoms with Gasteiger partial charge in [0.2, 0.25) is 0 Å². The van der Waals surface area contributed by atoms with E-state index in [-0.39, 0.29) is 0 Å². The summed E-state index contributed by atoms with van der Waals surface area (Å²) < 4.78 is 0. The molecule has 0 saturated carbocycles. The van der Waals surface area contributed by atoms with E-state index in [1.54, 1.807) is 0 Å². The number of rotatable bonds is 5. The molecule has 0 atom stereocenters. The first-order chi connectivity index (χ1) is 6.99. The molecule has 0 bridgehead atoms. The first kappa shape index (κ1) is 12.9. The molecule has 0 spiro atoms. The predicted molar refractivity (Wildman–Crippen MR) is 70.1 cm³/mol. The van der Waals surface area contributed by atoms with Crippen molar-refractivity contribution in [3.8, 4) is 0 Å². The summed E-state index contributed by atoms with van der Waals surface area (Å²) in [6.45, 7) is 8.48. The van der Waals surface area contributed by atoms with Gasteiger partial charge in [0.25, 0.3) is 0 Å². The molecule has 0 aliphatic carbocycles. The van der Waals surface area contributed by atoms with Crippen molar-refractivity contribution in [2.75, 3.05) is 19.6 Å². The highest BCUT2D eigenvalue weighted by molar-refractivity contribution is 7.80. The standard InChI is InChI=1S/C12H24N2S/c1-12(2)7-5-9-14(10-12)8-4-3-6-11(13)15/h3-10H2,1-2H3,(H2,13,15). The van der Waals surface area contributed by atoms with Crippen LogP contribution < -0.4 is 5.73 Å². The molecule has 1 rings (SSSR count). The lowest BCUT2D eigenvalue weighted by Gasteiger charge is -2.38. The number of likely N-dealkylation sites (tertiary alicyclic amines) is 1. The lowest BCUT2D eigenvalue weighted by Crippen LogP contribution is -2.40. The van der Waals surface area contributed by atoms with Crippen molar-refractivity contribution >= 4 is 17.2 Å². The van der Waals surface area contributed by atoms with Crippen molar-refractivity contribution in [2.24, 2.45) is 11.1 Å². The fourth-order valence-electron chi connectivity index (χ4n) is 2.37. The van der Waals surface area contributed by atoms with E-state index in [0.29, 0.717) is 10.4 Å². The second-order valence-electron chi connectivity index (χ2n) is 5.47. The van der Waals surface area contributed by atoms with Crippen molar-refractivity contribution in [2.45, 2.75) is 46.0 Å². The fraction of sp³-hybridized carbons (Fsp3) is 0.917. The summed E-state index contributed by atoms with van der Waals surface area (Å²) in [5, 5.41) is 0. The molecule has 3 heteroatoms. The van der Waals surface area contributed by atoms with Gasteiger partial charge in [-0.15, -0.1) is 0 Å². The zero-order valence-corrected chi connectivity index (χ0v) is 10.9. The summed E-state index contributed by atoms with van der Waals surface area (Å²) in [5.74, 6) is 0. The molecule has 0 aromatic carbocycles. The van der Waals surface area contributed by atoms with Crippen LogP contribution in [0.4, 0.5) is 0 Å². The maximum atomic E-state index is 5.47. The van der Waals surface area contributed by atoms with E-state index < -0.39 is 0 Å². The third kappa shape index (κ3) is 5.47. The quantitative estimate of drug-likeness (QED) is 0.579. The molecule has 1 heterocycles.